The van der Waals surface area contributed by atoms with Crippen LogP contribution in [-0.4, -0.2) is 43.1 Å². The van der Waals surface area contributed by atoms with Gasteiger partial charge in [-0.2, -0.15) is 0 Å². The van der Waals surface area contributed by atoms with Crippen molar-refractivity contribution in [2.45, 2.75) is 6.54 Å². The van der Waals surface area contributed by atoms with Gasteiger partial charge in [-0.1, -0.05) is 11.6 Å². The molecule has 2 aromatic rings. The van der Waals surface area contributed by atoms with Crippen molar-refractivity contribution in [1.82, 2.24) is 4.90 Å². The van der Waals surface area contributed by atoms with Crippen LogP contribution in [0.1, 0.15) is 5.56 Å². The second-order valence-electron chi connectivity index (χ2n) is 5.99. The van der Waals surface area contributed by atoms with E-state index in [0.717, 1.165) is 49.7 Å². The van der Waals surface area contributed by atoms with Crippen LogP contribution in [-0.2, 0) is 6.54 Å². The van der Waals surface area contributed by atoms with Gasteiger partial charge in [0.25, 0.3) is 5.69 Å². The summed E-state index contributed by atoms with van der Waals surface area (Å²) in [4.78, 5) is 15.0. The number of anilines is 1. The fraction of sp³-hybridized carbons (Fsp3) is 0.333. The van der Waals surface area contributed by atoms with Gasteiger partial charge < -0.3 is 9.64 Å². The van der Waals surface area contributed by atoms with Gasteiger partial charge >= 0.3 is 0 Å². The van der Waals surface area contributed by atoms with E-state index in [1.807, 2.05) is 30.3 Å². The monoisotopic (exact) mass is 361 g/mol. The van der Waals surface area contributed by atoms with Crippen molar-refractivity contribution in [3.05, 3.63) is 63.2 Å². The Labute approximate surface area is 151 Å². The molecule has 7 heteroatoms. The first-order valence-corrected chi connectivity index (χ1v) is 8.49. The summed E-state index contributed by atoms with van der Waals surface area (Å²) >= 11 is 6.10. The predicted octanol–water partition coefficient (Wildman–Crippen LogP) is 3.58. The number of nitrogens with zero attached hydrogens (tertiary/aromatic N) is 3. The van der Waals surface area contributed by atoms with Crippen molar-refractivity contribution in [1.29, 1.82) is 0 Å². The lowest BCUT2D eigenvalue weighted by molar-refractivity contribution is -0.384. The van der Waals surface area contributed by atoms with E-state index in [1.165, 1.54) is 0 Å². The molecule has 2 aromatic carbocycles. The standard InChI is InChI=1S/C18H20ClN3O3/c1-25-18-7-2-15(19)12-14(18)13-20-8-10-21(11-9-20)16-3-5-17(6-4-16)22(23)24/h2-7,12H,8-11,13H2,1H3. The molecule has 0 aliphatic carbocycles. The maximum absolute atomic E-state index is 10.7. The topological polar surface area (TPSA) is 58.8 Å². The molecule has 1 fully saturated rings. The minimum absolute atomic E-state index is 0.121. The lowest BCUT2D eigenvalue weighted by Gasteiger charge is -2.36. The first kappa shape index (κ1) is 17.5. The number of hydrogen-bond acceptors (Lipinski definition) is 5. The van der Waals surface area contributed by atoms with Gasteiger partial charge in [-0.25, -0.2) is 0 Å². The highest BCUT2D eigenvalue weighted by Crippen LogP contribution is 2.25. The highest BCUT2D eigenvalue weighted by atomic mass is 35.5. The third-order valence-electron chi connectivity index (χ3n) is 4.43. The van der Waals surface area contributed by atoms with Crippen LogP contribution in [0.2, 0.25) is 5.02 Å². The average Bonchev–Trinajstić information content (AvgIpc) is 2.63. The molecule has 0 spiro atoms. The molecule has 0 bridgehead atoms. The Kier molecular flexibility index (Phi) is 5.40. The predicted molar refractivity (Wildman–Crippen MR) is 98.6 cm³/mol. The Balaban J connectivity index is 1.60. The zero-order valence-corrected chi connectivity index (χ0v) is 14.8. The van der Waals surface area contributed by atoms with Crippen LogP contribution in [0.25, 0.3) is 0 Å². The molecule has 1 aliphatic heterocycles. The normalized spacial score (nSPS) is 15.2. The molecule has 6 nitrogen and oxygen atoms in total. The van der Waals surface area contributed by atoms with Crippen LogP contribution in [0.5, 0.6) is 5.75 Å². The summed E-state index contributed by atoms with van der Waals surface area (Å²) in [6, 6.07) is 12.4. The average molecular weight is 362 g/mol. The number of ether oxygens (including phenoxy) is 1. The summed E-state index contributed by atoms with van der Waals surface area (Å²) in [6.45, 7) is 4.36. The van der Waals surface area contributed by atoms with Crippen LogP contribution in [0.15, 0.2) is 42.5 Å². The maximum atomic E-state index is 10.7. The highest BCUT2D eigenvalue weighted by Gasteiger charge is 2.19. The number of nitro benzene ring substituents is 1. The molecule has 1 heterocycles. The molecule has 0 radical (unpaired) electrons. The van der Waals surface area contributed by atoms with Gasteiger partial charge in [-0.15, -0.1) is 0 Å². The number of rotatable bonds is 5. The number of benzene rings is 2. The molecule has 0 amide bonds. The van der Waals surface area contributed by atoms with Gasteiger partial charge in [0, 0.05) is 61.1 Å². The van der Waals surface area contributed by atoms with Gasteiger partial charge in [0.2, 0.25) is 0 Å². The van der Waals surface area contributed by atoms with Gasteiger partial charge in [-0.3, -0.25) is 15.0 Å². The number of nitro groups is 1. The van der Waals surface area contributed by atoms with E-state index in [2.05, 4.69) is 9.80 Å². The third-order valence-corrected chi connectivity index (χ3v) is 4.67. The van der Waals surface area contributed by atoms with Crippen LogP contribution in [0, 0.1) is 10.1 Å². The Morgan fingerprint density at radius 3 is 2.40 bits per heavy atom. The Morgan fingerprint density at radius 2 is 1.80 bits per heavy atom. The highest BCUT2D eigenvalue weighted by molar-refractivity contribution is 6.30. The van der Waals surface area contributed by atoms with Gasteiger partial charge in [0.1, 0.15) is 5.75 Å². The molecule has 0 aromatic heterocycles. The molecule has 0 N–H and O–H groups in total. The molecule has 0 saturated carbocycles. The van der Waals surface area contributed by atoms with Crippen molar-refractivity contribution in [3.63, 3.8) is 0 Å². The molecular formula is C18H20ClN3O3. The SMILES string of the molecule is COc1ccc(Cl)cc1CN1CCN(c2ccc([N+](=O)[O-])cc2)CC1. The molecule has 132 valence electrons. The van der Waals surface area contributed by atoms with E-state index in [4.69, 9.17) is 16.3 Å². The minimum atomic E-state index is -0.375. The summed E-state index contributed by atoms with van der Waals surface area (Å²) in [5.74, 6) is 0.849. The van der Waals surface area contributed by atoms with E-state index >= 15 is 0 Å². The fourth-order valence-corrected chi connectivity index (χ4v) is 3.26. The van der Waals surface area contributed by atoms with Gasteiger partial charge in [0.05, 0.1) is 12.0 Å². The van der Waals surface area contributed by atoms with Gasteiger partial charge in [-0.05, 0) is 30.3 Å². The Morgan fingerprint density at radius 1 is 1.12 bits per heavy atom. The van der Waals surface area contributed by atoms with Crippen LogP contribution in [0.4, 0.5) is 11.4 Å². The molecule has 1 aliphatic rings. The molecule has 1 saturated heterocycles. The second-order valence-corrected chi connectivity index (χ2v) is 6.43. The van der Waals surface area contributed by atoms with E-state index in [0.29, 0.717) is 5.02 Å². The zero-order valence-electron chi connectivity index (χ0n) is 14.0. The van der Waals surface area contributed by atoms with Crippen LogP contribution < -0.4 is 9.64 Å². The molecule has 3 rings (SSSR count). The number of hydrogen-bond donors (Lipinski definition) is 0. The summed E-state index contributed by atoms with van der Waals surface area (Å²) in [5.41, 5.74) is 2.22. The van der Waals surface area contributed by atoms with Crippen molar-refractivity contribution >= 4 is 23.0 Å². The lowest BCUT2D eigenvalue weighted by Crippen LogP contribution is -2.46. The molecule has 0 unspecified atom stereocenters. The van der Waals surface area contributed by atoms with E-state index < -0.39 is 0 Å². The summed E-state index contributed by atoms with van der Waals surface area (Å²) in [5, 5.41) is 11.5. The summed E-state index contributed by atoms with van der Waals surface area (Å²) < 4.78 is 5.41. The third kappa shape index (κ3) is 4.21. The first-order valence-electron chi connectivity index (χ1n) is 8.11. The van der Waals surface area contributed by atoms with E-state index in [1.54, 1.807) is 19.2 Å². The lowest BCUT2D eigenvalue weighted by atomic mass is 10.1. The van der Waals surface area contributed by atoms with E-state index in [9.17, 15) is 10.1 Å². The molecular weight excluding hydrogens is 342 g/mol. The van der Waals surface area contributed by atoms with E-state index in [-0.39, 0.29) is 10.6 Å². The first-order chi connectivity index (χ1) is 12.1. The number of piperazine rings is 1. The largest absolute Gasteiger partial charge is 0.496 e. The molecule has 25 heavy (non-hydrogen) atoms. The quantitative estimate of drug-likeness (QED) is 0.601. The smallest absolute Gasteiger partial charge is 0.269 e. The van der Waals surface area contributed by atoms with Crippen molar-refractivity contribution in [3.8, 4) is 5.75 Å². The minimum Gasteiger partial charge on any atom is -0.496 e. The van der Waals surface area contributed by atoms with Crippen molar-refractivity contribution in [2.75, 3.05) is 38.2 Å². The number of methoxy groups -OCH3 is 1. The van der Waals surface area contributed by atoms with Crippen LogP contribution in [0.3, 0.4) is 0 Å². The summed E-state index contributed by atoms with van der Waals surface area (Å²) in [7, 11) is 1.67. The van der Waals surface area contributed by atoms with Crippen LogP contribution >= 0.6 is 11.6 Å². The van der Waals surface area contributed by atoms with Crippen molar-refractivity contribution < 1.29 is 9.66 Å². The Bertz CT molecular complexity index is 744. The maximum Gasteiger partial charge on any atom is 0.269 e. The fourth-order valence-electron chi connectivity index (χ4n) is 3.06. The Hall–Kier alpha value is -2.31. The number of halogens is 1. The molecule has 0 atom stereocenters. The van der Waals surface area contributed by atoms with Crippen molar-refractivity contribution in [2.24, 2.45) is 0 Å². The zero-order chi connectivity index (χ0) is 17.8. The summed E-state index contributed by atoms with van der Waals surface area (Å²) in [6.07, 6.45) is 0. The number of non-ortho nitro benzene ring substituents is 1. The van der Waals surface area contributed by atoms with Gasteiger partial charge in [0.15, 0.2) is 0 Å². The second kappa shape index (κ2) is 7.72.